The van der Waals surface area contributed by atoms with Gasteiger partial charge in [-0.15, -0.1) is 0 Å². The topological polar surface area (TPSA) is 59.1 Å². The Labute approximate surface area is 98.9 Å². The highest BCUT2D eigenvalue weighted by Crippen LogP contribution is 2.22. The minimum Gasteiger partial charge on any atom is -0.397 e. The Kier molecular flexibility index (Phi) is 2.99. The molecular weight excluding hydrogens is 224 g/mol. The van der Waals surface area contributed by atoms with Crippen molar-refractivity contribution in [1.29, 1.82) is 0 Å². The lowest BCUT2D eigenvalue weighted by Crippen LogP contribution is -2.08. The van der Waals surface area contributed by atoms with Crippen LogP contribution in [0.3, 0.4) is 0 Å². The maximum absolute atomic E-state index is 9.33. The first-order valence-corrected chi connectivity index (χ1v) is 5.47. The number of aliphatic hydroxyl groups excluding tert-OH is 1. The molecule has 0 spiro atoms. The summed E-state index contributed by atoms with van der Waals surface area (Å²) in [5, 5.41) is 10.9. The number of nitrogens with zero attached hydrogens (tertiary/aromatic N) is 1. The quantitative estimate of drug-likeness (QED) is 0.842. The van der Waals surface area contributed by atoms with Crippen molar-refractivity contribution in [1.82, 2.24) is 4.98 Å². The van der Waals surface area contributed by atoms with Crippen LogP contribution in [-0.2, 0) is 6.42 Å². The Hall–Kier alpha value is -1.32. The molecule has 0 aliphatic carbocycles. The van der Waals surface area contributed by atoms with Gasteiger partial charge in [0.25, 0.3) is 0 Å². The molecule has 0 aliphatic rings. The van der Waals surface area contributed by atoms with Crippen LogP contribution in [0.5, 0.6) is 0 Å². The predicted octanol–water partition coefficient (Wildman–Crippen LogP) is 2.39. The van der Waals surface area contributed by atoms with Crippen LogP contribution in [0.1, 0.15) is 12.6 Å². The number of nitrogen functional groups attached to an aromatic ring is 1. The molecule has 1 aromatic heterocycles. The molecule has 1 unspecified atom stereocenters. The van der Waals surface area contributed by atoms with Gasteiger partial charge >= 0.3 is 0 Å². The standard InChI is InChI=1S/C12H13ClN2O/c1-7(16)4-12-10(14)6-8-5-9(13)2-3-11(8)15-12/h2-3,5-7,16H,4,14H2,1H3. The van der Waals surface area contributed by atoms with Crippen LogP contribution in [0.2, 0.25) is 5.02 Å². The molecule has 1 atom stereocenters. The molecule has 16 heavy (non-hydrogen) atoms. The molecule has 0 fully saturated rings. The average molecular weight is 237 g/mol. The van der Waals surface area contributed by atoms with Crippen LogP contribution in [-0.4, -0.2) is 16.2 Å². The van der Waals surface area contributed by atoms with E-state index in [1.54, 1.807) is 13.0 Å². The van der Waals surface area contributed by atoms with E-state index in [2.05, 4.69) is 4.98 Å². The van der Waals surface area contributed by atoms with Gasteiger partial charge < -0.3 is 10.8 Å². The van der Waals surface area contributed by atoms with Gasteiger partial charge in [0.05, 0.1) is 23.0 Å². The van der Waals surface area contributed by atoms with Crippen LogP contribution >= 0.6 is 11.6 Å². The lowest BCUT2D eigenvalue weighted by atomic mass is 10.1. The second kappa shape index (κ2) is 4.28. The molecule has 0 saturated heterocycles. The summed E-state index contributed by atoms with van der Waals surface area (Å²) in [6, 6.07) is 7.31. The zero-order valence-corrected chi connectivity index (χ0v) is 9.70. The molecule has 2 aromatic rings. The highest BCUT2D eigenvalue weighted by molar-refractivity contribution is 6.31. The largest absolute Gasteiger partial charge is 0.397 e. The number of anilines is 1. The number of nitrogens with two attached hydrogens (primary N) is 1. The maximum Gasteiger partial charge on any atom is 0.0708 e. The molecule has 1 aromatic carbocycles. The van der Waals surface area contributed by atoms with Crippen LogP contribution in [0.25, 0.3) is 10.9 Å². The first-order valence-electron chi connectivity index (χ1n) is 5.09. The maximum atomic E-state index is 9.33. The van der Waals surface area contributed by atoms with Crippen molar-refractivity contribution in [3.05, 3.63) is 35.0 Å². The molecule has 0 radical (unpaired) electrons. The lowest BCUT2D eigenvalue weighted by Gasteiger charge is -2.08. The van der Waals surface area contributed by atoms with E-state index in [1.165, 1.54) is 0 Å². The van der Waals surface area contributed by atoms with Gasteiger partial charge in [-0.25, -0.2) is 0 Å². The summed E-state index contributed by atoms with van der Waals surface area (Å²) in [6.45, 7) is 1.72. The Morgan fingerprint density at radius 2 is 2.19 bits per heavy atom. The van der Waals surface area contributed by atoms with Gasteiger partial charge in [-0.1, -0.05) is 11.6 Å². The van der Waals surface area contributed by atoms with Gasteiger partial charge in [-0.05, 0) is 31.2 Å². The Morgan fingerprint density at radius 3 is 2.88 bits per heavy atom. The molecular formula is C12H13ClN2O. The number of aliphatic hydroxyl groups is 1. The Balaban J connectivity index is 2.54. The van der Waals surface area contributed by atoms with Gasteiger partial charge in [0, 0.05) is 16.8 Å². The summed E-state index contributed by atoms with van der Waals surface area (Å²) in [6.07, 6.45) is 0.0178. The molecule has 3 N–H and O–H groups in total. The fourth-order valence-corrected chi connectivity index (χ4v) is 1.83. The summed E-state index contributed by atoms with van der Waals surface area (Å²) in [7, 11) is 0. The number of fused-ring (bicyclic) bond motifs is 1. The molecule has 3 nitrogen and oxygen atoms in total. The number of aromatic nitrogens is 1. The number of halogens is 1. The SMILES string of the molecule is CC(O)Cc1nc2ccc(Cl)cc2cc1N. The Morgan fingerprint density at radius 1 is 1.44 bits per heavy atom. The zero-order valence-electron chi connectivity index (χ0n) is 8.94. The van der Waals surface area contributed by atoms with Crippen molar-refractivity contribution in [3.63, 3.8) is 0 Å². The first-order chi connectivity index (χ1) is 7.56. The third-order valence-corrected chi connectivity index (χ3v) is 2.61. The zero-order chi connectivity index (χ0) is 11.7. The van der Waals surface area contributed by atoms with Crippen molar-refractivity contribution >= 4 is 28.2 Å². The number of pyridine rings is 1. The monoisotopic (exact) mass is 236 g/mol. The van der Waals surface area contributed by atoms with Gasteiger partial charge in [-0.2, -0.15) is 0 Å². The van der Waals surface area contributed by atoms with E-state index in [0.29, 0.717) is 17.1 Å². The van der Waals surface area contributed by atoms with E-state index in [0.717, 1.165) is 16.6 Å². The molecule has 0 saturated carbocycles. The Bertz CT molecular complexity index is 526. The molecule has 4 heteroatoms. The lowest BCUT2D eigenvalue weighted by molar-refractivity contribution is 0.194. The number of benzene rings is 1. The molecule has 1 heterocycles. The highest BCUT2D eigenvalue weighted by Gasteiger charge is 2.07. The fourth-order valence-electron chi connectivity index (χ4n) is 1.65. The normalized spacial score (nSPS) is 12.9. The van der Waals surface area contributed by atoms with Crippen LogP contribution < -0.4 is 5.73 Å². The first kappa shape index (κ1) is 11.2. The smallest absolute Gasteiger partial charge is 0.0708 e. The van der Waals surface area contributed by atoms with E-state index >= 15 is 0 Å². The summed E-state index contributed by atoms with van der Waals surface area (Å²) < 4.78 is 0. The number of hydrogen-bond acceptors (Lipinski definition) is 3. The second-order valence-electron chi connectivity index (χ2n) is 3.91. The van der Waals surface area contributed by atoms with Crippen LogP contribution in [0, 0.1) is 0 Å². The van der Waals surface area contributed by atoms with Gasteiger partial charge in [0.1, 0.15) is 0 Å². The van der Waals surface area contributed by atoms with Crippen LogP contribution in [0.15, 0.2) is 24.3 Å². The minimum atomic E-state index is -0.445. The average Bonchev–Trinajstić information content (AvgIpc) is 2.19. The van der Waals surface area contributed by atoms with Crippen molar-refractivity contribution in [3.8, 4) is 0 Å². The van der Waals surface area contributed by atoms with Crippen molar-refractivity contribution < 1.29 is 5.11 Å². The van der Waals surface area contributed by atoms with Crippen molar-refractivity contribution in [2.24, 2.45) is 0 Å². The summed E-state index contributed by atoms with van der Waals surface area (Å²) >= 11 is 5.89. The number of rotatable bonds is 2. The third-order valence-electron chi connectivity index (χ3n) is 2.38. The minimum absolute atomic E-state index is 0.445. The fraction of sp³-hybridized carbons (Fsp3) is 0.250. The third kappa shape index (κ3) is 2.26. The van der Waals surface area contributed by atoms with Crippen molar-refractivity contribution in [2.75, 3.05) is 5.73 Å². The van der Waals surface area contributed by atoms with Crippen LogP contribution in [0.4, 0.5) is 5.69 Å². The second-order valence-corrected chi connectivity index (χ2v) is 4.35. The number of hydrogen-bond donors (Lipinski definition) is 2. The van der Waals surface area contributed by atoms with Gasteiger partial charge in [0.2, 0.25) is 0 Å². The predicted molar refractivity (Wildman–Crippen MR) is 66.6 cm³/mol. The molecule has 84 valence electrons. The molecule has 0 amide bonds. The van der Waals surface area contributed by atoms with E-state index in [1.807, 2.05) is 18.2 Å². The summed E-state index contributed by atoms with van der Waals surface area (Å²) in [4.78, 5) is 4.41. The van der Waals surface area contributed by atoms with E-state index in [9.17, 15) is 5.11 Å². The summed E-state index contributed by atoms with van der Waals surface area (Å²) in [5.74, 6) is 0. The highest BCUT2D eigenvalue weighted by atomic mass is 35.5. The van der Waals surface area contributed by atoms with Crippen molar-refractivity contribution in [2.45, 2.75) is 19.4 Å². The molecule has 0 bridgehead atoms. The van der Waals surface area contributed by atoms with Gasteiger partial charge in [-0.3, -0.25) is 4.98 Å². The van der Waals surface area contributed by atoms with E-state index in [4.69, 9.17) is 17.3 Å². The molecule has 2 rings (SSSR count). The van der Waals surface area contributed by atoms with Gasteiger partial charge in [0.15, 0.2) is 0 Å². The van der Waals surface area contributed by atoms with E-state index < -0.39 is 6.10 Å². The van der Waals surface area contributed by atoms with E-state index in [-0.39, 0.29) is 0 Å². The molecule has 0 aliphatic heterocycles. The summed E-state index contributed by atoms with van der Waals surface area (Å²) in [5.41, 5.74) is 8.03.